The van der Waals surface area contributed by atoms with Gasteiger partial charge in [0.05, 0.1) is 30.8 Å². The SMILES string of the molecule is COCCNc1c(C(=O)O)c(=O)n(CCOC)c2nc(-c3ccccc3)ncc12. The van der Waals surface area contributed by atoms with Gasteiger partial charge in [-0.25, -0.2) is 14.8 Å². The molecule has 0 fully saturated rings. The van der Waals surface area contributed by atoms with Crippen molar-refractivity contribution in [3.63, 3.8) is 0 Å². The highest BCUT2D eigenvalue weighted by Gasteiger charge is 2.23. The number of fused-ring (bicyclic) bond motifs is 1. The van der Waals surface area contributed by atoms with Crippen molar-refractivity contribution < 1.29 is 19.4 Å². The first kappa shape index (κ1) is 20.4. The Labute approximate surface area is 166 Å². The number of pyridine rings is 1. The van der Waals surface area contributed by atoms with Crippen LogP contribution in [0.25, 0.3) is 22.4 Å². The van der Waals surface area contributed by atoms with E-state index >= 15 is 0 Å². The zero-order valence-electron chi connectivity index (χ0n) is 16.2. The molecule has 9 nitrogen and oxygen atoms in total. The monoisotopic (exact) mass is 398 g/mol. The first-order valence-corrected chi connectivity index (χ1v) is 9.02. The number of ether oxygens (including phenoxy) is 2. The molecule has 152 valence electrons. The number of nitrogens with zero attached hydrogens (tertiary/aromatic N) is 3. The molecule has 2 N–H and O–H groups in total. The molecular weight excluding hydrogens is 376 g/mol. The summed E-state index contributed by atoms with van der Waals surface area (Å²) in [4.78, 5) is 33.9. The third-order valence-corrected chi connectivity index (χ3v) is 4.38. The molecule has 0 atom stereocenters. The molecule has 2 aromatic heterocycles. The number of aromatic carboxylic acids is 1. The normalized spacial score (nSPS) is 11.0. The number of methoxy groups -OCH3 is 2. The van der Waals surface area contributed by atoms with Crippen molar-refractivity contribution in [2.75, 3.05) is 39.3 Å². The van der Waals surface area contributed by atoms with Crippen LogP contribution in [0, 0.1) is 0 Å². The van der Waals surface area contributed by atoms with E-state index < -0.39 is 11.5 Å². The first-order valence-electron chi connectivity index (χ1n) is 9.02. The number of benzene rings is 1. The summed E-state index contributed by atoms with van der Waals surface area (Å²) in [6, 6.07) is 9.35. The molecule has 0 radical (unpaired) electrons. The summed E-state index contributed by atoms with van der Waals surface area (Å²) in [7, 11) is 3.05. The lowest BCUT2D eigenvalue weighted by Gasteiger charge is -2.17. The minimum absolute atomic E-state index is 0.162. The Morgan fingerprint density at radius 1 is 1.17 bits per heavy atom. The van der Waals surface area contributed by atoms with E-state index in [0.29, 0.717) is 30.0 Å². The van der Waals surface area contributed by atoms with Crippen LogP contribution in [0.3, 0.4) is 0 Å². The number of aromatic nitrogens is 3. The first-order chi connectivity index (χ1) is 14.1. The third kappa shape index (κ3) is 4.25. The van der Waals surface area contributed by atoms with Gasteiger partial charge < -0.3 is 19.9 Å². The van der Waals surface area contributed by atoms with Gasteiger partial charge in [0, 0.05) is 32.5 Å². The van der Waals surface area contributed by atoms with E-state index in [1.165, 1.54) is 25.0 Å². The smallest absolute Gasteiger partial charge is 0.343 e. The molecule has 3 aromatic rings. The Kier molecular flexibility index (Phi) is 6.53. The Morgan fingerprint density at radius 3 is 2.55 bits per heavy atom. The van der Waals surface area contributed by atoms with Crippen LogP contribution in [0.15, 0.2) is 41.3 Å². The lowest BCUT2D eigenvalue weighted by Crippen LogP contribution is -2.31. The van der Waals surface area contributed by atoms with Crippen molar-refractivity contribution in [3.05, 3.63) is 52.4 Å². The van der Waals surface area contributed by atoms with Gasteiger partial charge >= 0.3 is 5.97 Å². The highest BCUT2D eigenvalue weighted by Crippen LogP contribution is 2.26. The lowest BCUT2D eigenvalue weighted by molar-refractivity contribution is 0.0695. The molecule has 2 heterocycles. The van der Waals surface area contributed by atoms with Crippen LogP contribution in [-0.2, 0) is 16.0 Å². The summed E-state index contributed by atoms with van der Waals surface area (Å²) in [5.74, 6) is -0.885. The van der Waals surface area contributed by atoms with Crippen LogP contribution in [0.2, 0.25) is 0 Å². The van der Waals surface area contributed by atoms with E-state index in [2.05, 4.69) is 15.3 Å². The number of carboxylic acids is 1. The number of hydrogen-bond acceptors (Lipinski definition) is 7. The predicted molar refractivity (Wildman–Crippen MR) is 108 cm³/mol. The quantitative estimate of drug-likeness (QED) is 0.525. The van der Waals surface area contributed by atoms with Gasteiger partial charge in [-0.15, -0.1) is 0 Å². The van der Waals surface area contributed by atoms with Gasteiger partial charge in [0.15, 0.2) is 5.82 Å². The van der Waals surface area contributed by atoms with Gasteiger partial charge in [0.25, 0.3) is 5.56 Å². The second-order valence-corrected chi connectivity index (χ2v) is 6.22. The Morgan fingerprint density at radius 2 is 1.90 bits per heavy atom. The van der Waals surface area contributed by atoms with Crippen LogP contribution in [0.1, 0.15) is 10.4 Å². The number of carbonyl (C=O) groups is 1. The largest absolute Gasteiger partial charge is 0.477 e. The third-order valence-electron chi connectivity index (χ3n) is 4.38. The van der Waals surface area contributed by atoms with Crippen molar-refractivity contribution in [2.24, 2.45) is 0 Å². The standard InChI is InChI=1S/C20H22N4O5/c1-28-10-8-21-16-14-12-22-17(13-6-4-3-5-7-13)23-18(14)24(9-11-29-2)19(25)15(16)20(26)27/h3-7,12,21H,8-11H2,1-2H3,(H,26,27). The zero-order chi connectivity index (χ0) is 20.8. The van der Waals surface area contributed by atoms with E-state index in [4.69, 9.17) is 9.47 Å². The molecule has 9 heteroatoms. The topological polar surface area (TPSA) is 116 Å². The van der Waals surface area contributed by atoms with Gasteiger partial charge in [-0.2, -0.15) is 0 Å². The molecule has 29 heavy (non-hydrogen) atoms. The average molecular weight is 398 g/mol. The second-order valence-electron chi connectivity index (χ2n) is 6.22. The molecule has 0 amide bonds. The van der Waals surface area contributed by atoms with E-state index in [1.54, 1.807) is 0 Å². The highest BCUT2D eigenvalue weighted by atomic mass is 16.5. The van der Waals surface area contributed by atoms with Gasteiger partial charge in [-0.05, 0) is 0 Å². The molecule has 0 aliphatic heterocycles. The zero-order valence-corrected chi connectivity index (χ0v) is 16.2. The molecule has 0 unspecified atom stereocenters. The van der Waals surface area contributed by atoms with E-state index in [9.17, 15) is 14.7 Å². The molecule has 0 saturated heterocycles. The molecule has 1 aromatic carbocycles. The summed E-state index contributed by atoms with van der Waals surface area (Å²) in [5.41, 5.74) is 0.297. The number of carboxylic acid groups (broad SMARTS) is 1. The number of hydrogen-bond donors (Lipinski definition) is 2. The van der Waals surface area contributed by atoms with Crippen molar-refractivity contribution in [1.29, 1.82) is 0 Å². The lowest BCUT2D eigenvalue weighted by atomic mass is 10.1. The van der Waals surface area contributed by atoms with Crippen LogP contribution < -0.4 is 10.9 Å². The van der Waals surface area contributed by atoms with E-state index in [1.807, 2.05) is 30.3 Å². The van der Waals surface area contributed by atoms with Crippen molar-refractivity contribution in [1.82, 2.24) is 14.5 Å². The summed E-state index contributed by atoms with van der Waals surface area (Å²) >= 11 is 0. The molecular formula is C20H22N4O5. The number of nitrogens with one attached hydrogen (secondary N) is 1. The van der Waals surface area contributed by atoms with Crippen LogP contribution in [0.4, 0.5) is 5.69 Å². The number of anilines is 1. The molecule has 0 spiro atoms. The average Bonchev–Trinajstić information content (AvgIpc) is 2.73. The Balaban J connectivity index is 2.28. The van der Waals surface area contributed by atoms with Crippen molar-refractivity contribution in [2.45, 2.75) is 6.54 Å². The maximum Gasteiger partial charge on any atom is 0.343 e. The fourth-order valence-electron chi connectivity index (χ4n) is 3.00. The molecule has 0 bridgehead atoms. The van der Waals surface area contributed by atoms with Crippen molar-refractivity contribution >= 4 is 22.7 Å². The molecule has 0 aliphatic rings. The Hall–Kier alpha value is -3.30. The maximum atomic E-state index is 13.0. The molecule has 0 saturated carbocycles. The summed E-state index contributed by atoms with van der Waals surface area (Å²) in [5, 5.41) is 13.1. The van der Waals surface area contributed by atoms with Gasteiger partial charge in [0.2, 0.25) is 0 Å². The molecule has 0 aliphatic carbocycles. The molecule has 3 rings (SSSR count). The van der Waals surface area contributed by atoms with Gasteiger partial charge in [0.1, 0.15) is 11.2 Å². The van der Waals surface area contributed by atoms with Gasteiger partial charge in [-0.3, -0.25) is 9.36 Å². The Bertz CT molecular complexity index is 1070. The minimum atomic E-state index is -1.32. The van der Waals surface area contributed by atoms with Crippen molar-refractivity contribution in [3.8, 4) is 11.4 Å². The second kappa shape index (κ2) is 9.26. The summed E-state index contributed by atoms with van der Waals surface area (Å²) in [6.45, 7) is 1.06. The predicted octanol–water partition coefficient (Wildman–Crippen LogP) is 1.86. The van der Waals surface area contributed by atoms with Crippen LogP contribution in [0.5, 0.6) is 0 Å². The van der Waals surface area contributed by atoms with E-state index in [-0.39, 0.29) is 24.4 Å². The fraction of sp³-hybridized carbons (Fsp3) is 0.300. The summed E-state index contributed by atoms with van der Waals surface area (Å²) in [6.07, 6.45) is 1.54. The fourth-order valence-corrected chi connectivity index (χ4v) is 3.00. The maximum absolute atomic E-state index is 13.0. The van der Waals surface area contributed by atoms with E-state index in [0.717, 1.165) is 5.56 Å². The summed E-state index contributed by atoms with van der Waals surface area (Å²) < 4.78 is 11.4. The number of rotatable bonds is 9. The highest BCUT2D eigenvalue weighted by molar-refractivity contribution is 6.03. The van der Waals surface area contributed by atoms with Gasteiger partial charge in [-0.1, -0.05) is 30.3 Å². The van der Waals surface area contributed by atoms with Crippen LogP contribution >= 0.6 is 0 Å². The van der Waals surface area contributed by atoms with Crippen LogP contribution in [-0.4, -0.2) is 59.6 Å². The minimum Gasteiger partial charge on any atom is -0.477 e.